The van der Waals surface area contributed by atoms with Gasteiger partial charge in [0.15, 0.2) is 0 Å². The Hall–Kier alpha value is 0. The normalized spacial score (nSPS) is 40.9. The molecule has 0 aromatic heterocycles. The lowest BCUT2D eigenvalue weighted by molar-refractivity contribution is 0.380. The van der Waals surface area contributed by atoms with Gasteiger partial charge in [-0.1, -0.05) is 33.6 Å². The van der Waals surface area contributed by atoms with Crippen LogP contribution in [0.5, 0.6) is 0 Å². The fraction of sp³-hybridized carbons (Fsp3) is 1.00. The van der Waals surface area contributed by atoms with Gasteiger partial charge in [-0.3, -0.25) is 0 Å². The summed E-state index contributed by atoms with van der Waals surface area (Å²) in [4.78, 5) is 0. The van der Waals surface area contributed by atoms with E-state index in [-0.39, 0.29) is 0 Å². The summed E-state index contributed by atoms with van der Waals surface area (Å²) in [6.45, 7) is 7.12. The average Bonchev–Trinajstić information content (AvgIpc) is 1.98. The molecule has 0 spiro atoms. The van der Waals surface area contributed by atoms with Crippen LogP contribution in [0.4, 0.5) is 0 Å². The van der Waals surface area contributed by atoms with Gasteiger partial charge in [-0.15, -0.1) is 0 Å². The SMILES string of the molecule is CC1[C@H](C)CC[C@H]1C. The molecule has 1 saturated carbocycles. The van der Waals surface area contributed by atoms with Gasteiger partial charge in [0.05, 0.1) is 0 Å². The van der Waals surface area contributed by atoms with Gasteiger partial charge in [0.25, 0.3) is 0 Å². The Morgan fingerprint density at radius 2 is 1.25 bits per heavy atom. The molecule has 0 aromatic rings. The van der Waals surface area contributed by atoms with E-state index in [1.54, 1.807) is 0 Å². The minimum absolute atomic E-state index is 0.981. The van der Waals surface area contributed by atoms with Gasteiger partial charge in [0.2, 0.25) is 0 Å². The fourth-order valence-electron chi connectivity index (χ4n) is 1.61. The summed E-state index contributed by atoms with van der Waals surface area (Å²) in [7, 11) is 0. The van der Waals surface area contributed by atoms with E-state index in [1.807, 2.05) is 0 Å². The topological polar surface area (TPSA) is 0 Å². The molecule has 0 unspecified atom stereocenters. The number of rotatable bonds is 0. The summed E-state index contributed by atoms with van der Waals surface area (Å²) in [5, 5.41) is 0. The van der Waals surface area contributed by atoms with Crippen molar-refractivity contribution in [3.05, 3.63) is 0 Å². The fourth-order valence-corrected chi connectivity index (χ4v) is 1.61. The van der Waals surface area contributed by atoms with Gasteiger partial charge < -0.3 is 0 Å². The lowest BCUT2D eigenvalue weighted by atomic mass is 9.94. The van der Waals surface area contributed by atoms with E-state index < -0.39 is 0 Å². The molecule has 1 fully saturated rings. The molecule has 0 aliphatic heterocycles. The zero-order chi connectivity index (χ0) is 6.15. The molecule has 0 N–H and O–H groups in total. The first-order valence-corrected chi connectivity index (χ1v) is 3.72. The van der Waals surface area contributed by atoms with E-state index in [9.17, 15) is 0 Å². The van der Waals surface area contributed by atoms with Crippen LogP contribution in [0.25, 0.3) is 0 Å². The van der Waals surface area contributed by atoms with E-state index in [0.29, 0.717) is 0 Å². The van der Waals surface area contributed by atoms with Crippen molar-refractivity contribution in [1.29, 1.82) is 0 Å². The van der Waals surface area contributed by atoms with Gasteiger partial charge in [0, 0.05) is 0 Å². The molecule has 0 bridgehead atoms. The molecule has 0 aromatic carbocycles. The van der Waals surface area contributed by atoms with Crippen LogP contribution < -0.4 is 0 Å². The van der Waals surface area contributed by atoms with Crippen LogP contribution >= 0.6 is 0 Å². The number of hydrogen-bond acceptors (Lipinski definition) is 0. The van der Waals surface area contributed by atoms with Crippen molar-refractivity contribution < 1.29 is 0 Å². The summed E-state index contributed by atoms with van der Waals surface area (Å²) in [6, 6.07) is 0. The Bertz CT molecular complexity index is 66.1. The maximum absolute atomic E-state index is 2.38. The quantitative estimate of drug-likeness (QED) is 0.452. The molecule has 1 aliphatic rings. The minimum atomic E-state index is 0.981. The third-order valence-electron chi connectivity index (χ3n) is 2.87. The Morgan fingerprint density at radius 3 is 1.38 bits per heavy atom. The first kappa shape index (κ1) is 6.12. The molecule has 0 amide bonds. The first-order valence-electron chi connectivity index (χ1n) is 3.72. The molecule has 0 nitrogen and oxygen atoms in total. The summed E-state index contributed by atoms with van der Waals surface area (Å²) < 4.78 is 0. The monoisotopic (exact) mass is 112 g/mol. The molecular weight excluding hydrogens is 96.1 g/mol. The second kappa shape index (κ2) is 2.08. The van der Waals surface area contributed by atoms with Gasteiger partial charge >= 0.3 is 0 Å². The van der Waals surface area contributed by atoms with E-state index in [0.717, 1.165) is 17.8 Å². The molecule has 0 radical (unpaired) electrons. The van der Waals surface area contributed by atoms with Gasteiger partial charge in [-0.05, 0) is 17.8 Å². The summed E-state index contributed by atoms with van der Waals surface area (Å²) in [5.74, 6) is 2.96. The first-order chi connectivity index (χ1) is 3.72. The van der Waals surface area contributed by atoms with Crippen molar-refractivity contribution >= 4 is 0 Å². The zero-order valence-corrected chi connectivity index (χ0v) is 6.15. The average molecular weight is 112 g/mol. The van der Waals surface area contributed by atoms with Crippen molar-refractivity contribution in [3.63, 3.8) is 0 Å². The highest BCUT2D eigenvalue weighted by Crippen LogP contribution is 2.35. The molecule has 0 heterocycles. The molecule has 0 saturated heterocycles. The Morgan fingerprint density at radius 1 is 0.875 bits per heavy atom. The van der Waals surface area contributed by atoms with Crippen molar-refractivity contribution in [3.8, 4) is 0 Å². The summed E-state index contributed by atoms with van der Waals surface area (Å²) in [5.41, 5.74) is 0. The second-order valence-electron chi connectivity index (χ2n) is 3.39. The van der Waals surface area contributed by atoms with Crippen molar-refractivity contribution in [1.82, 2.24) is 0 Å². The minimum Gasteiger partial charge on any atom is -0.0622 e. The maximum Gasteiger partial charge on any atom is -0.0391 e. The van der Waals surface area contributed by atoms with Gasteiger partial charge in [-0.25, -0.2) is 0 Å². The molecule has 48 valence electrons. The van der Waals surface area contributed by atoms with Crippen LogP contribution in [0.1, 0.15) is 33.6 Å². The summed E-state index contributed by atoms with van der Waals surface area (Å²) in [6.07, 6.45) is 2.92. The Balaban J connectivity index is 2.44. The van der Waals surface area contributed by atoms with E-state index in [4.69, 9.17) is 0 Å². The third-order valence-corrected chi connectivity index (χ3v) is 2.87. The highest BCUT2D eigenvalue weighted by atomic mass is 14.3. The van der Waals surface area contributed by atoms with Crippen molar-refractivity contribution in [2.75, 3.05) is 0 Å². The maximum atomic E-state index is 2.38. The van der Waals surface area contributed by atoms with Crippen LogP contribution in [0.2, 0.25) is 0 Å². The highest BCUT2D eigenvalue weighted by Gasteiger charge is 2.25. The Kier molecular flexibility index (Phi) is 1.59. The molecule has 1 rings (SSSR count). The largest absolute Gasteiger partial charge is 0.0622 e. The van der Waals surface area contributed by atoms with Crippen molar-refractivity contribution in [2.24, 2.45) is 17.8 Å². The Labute approximate surface area is 52.3 Å². The highest BCUT2D eigenvalue weighted by molar-refractivity contribution is 4.75. The van der Waals surface area contributed by atoms with Gasteiger partial charge in [0.1, 0.15) is 0 Å². The van der Waals surface area contributed by atoms with Crippen LogP contribution in [0.15, 0.2) is 0 Å². The zero-order valence-electron chi connectivity index (χ0n) is 6.15. The van der Waals surface area contributed by atoms with Crippen molar-refractivity contribution in [2.45, 2.75) is 33.6 Å². The smallest absolute Gasteiger partial charge is 0.0391 e. The van der Waals surface area contributed by atoms with E-state index in [2.05, 4.69) is 20.8 Å². The lowest BCUT2D eigenvalue weighted by Gasteiger charge is -2.11. The predicted octanol–water partition coefficient (Wildman–Crippen LogP) is 2.69. The molecule has 1 aliphatic carbocycles. The molecular formula is C8H16. The van der Waals surface area contributed by atoms with Gasteiger partial charge in [-0.2, -0.15) is 0 Å². The molecule has 0 heteroatoms. The predicted molar refractivity (Wildman–Crippen MR) is 36.7 cm³/mol. The molecule has 8 heavy (non-hydrogen) atoms. The van der Waals surface area contributed by atoms with Crippen LogP contribution in [0.3, 0.4) is 0 Å². The second-order valence-corrected chi connectivity index (χ2v) is 3.39. The van der Waals surface area contributed by atoms with E-state index in [1.165, 1.54) is 12.8 Å². The number of hydrogen-bond donors (Lipinski definition) is 0. The third kappa shape index (κ3) is 0.888. The van der Waals surface area contributed by atoms with Crippen LogP contribution in [-0.4, -0.2) is 0 Å². The molecule has 2 atom stereocenters. The van der Waals surface area contributed by atoms with E-state index >= 15 is 0 Å². The lowest BCUT2D eigenvalue weighted by Crippen LogP contribution is -2.04. The standard InChI is InChI=1S/C8H16/c1-6-4-5-7(2)8(6)3/h6-8H,4-5H2,1-3H3/t6-,7-/m1/s1. The van der Waals surface area contributed by atoms with Crippen LogP contribution in [0, 0.1) is 17.8 Å². The summed E-state index contributed by atoms with van der Waals surface area (Å²) >= 11 is 0. The van der Waals surface area contributed by atoms with Crippen LogP contribution in [-0.2, 0) is 0 Å².